The number of piperazine rings is 1. The first-order valence-electron chi connectivity index (χ1n) is 9.38. The Hall–Kier alpha value is -2.63. The lowest BCUT2D eigenvalue weighted by Gasteiger charge is -2.34. The Balaban J connectivity index is 1.31. The van der Waals surface area contributed by atoms with E-state index in [1.54, 1.807) is 6.08 Å². The van der Waals surface area contributed by atoms with Gasteiger partial charge in [0.25, 0.3) is 0 Å². The van der Waals surface area contributed by atoms with Crippen LogP contribution in [0.4, 0.5) is 0 Å². The fourth-order valence-electron chi connectivity index (χ4n) is 3.42. The topological polar surface area (TPSA) is 45.7 Å². The van der Waals surface area contributed by atoms with Crippen LogP contribution in [0.1, 0.15) is 11.1 Å². The molecule has 0 atom stereocenters. The van der Waals surface area contributed by atoms with Crippen molar-refractivity contribution in [1.29, 1.82) is 0 Å². The Bertz CT molecular complexity index is 903. The summed E-state index contributed by atoms with van der Waals surface area (Å²) in [5.41, 5.74) is 3.15. The van der Waals surface area contributed by atoms with Crippen LogP contribution in [0.5, 0.6) is 5.75 Å². The highest BCUT2D eigenvalue weighted by atomic mass is 35.5. The second kappa shape index (κ2) is 8.59. The SMILES string of the molecule is O=C(/C=C/C1=Cc2cc(Cl)ccc2OC1)N1CCN(Cc2ccncc2)CC1. The summed E-state index contributed by atoms with van der Waals surface area (Å²) in [6.07, 6.45) is 9.13. The lowest BCUT2D eigenvalue weighted by molar-refractivity contribution is -0.127. The Kier molecular flexibility index (Phi) is 5.74. The Morgan fingerprint density at radius 2 is 1.93 bits per heavy atom. The van der Waals surface area contributed by atoms with Crippen molar-refractivity contribution in [2.75, 3.05) is 32.8 Å². The van der Waals surface area contributed by atoms with Crippen molar-refractivity contribution in [3.05, 3.63) is 76.6 Å². The quantitative estimate of drug-likeness (QED) is 0.744. The highest BCUT2D eigenvalue weighted by molar-refractivity contribution is 6.30. The van der Waals surface area contributed by atoms with Gasteiger partial charge in [0.1, 0.15) is 12.4 Å². The number of rotatable bonds is 4. The Labute approximate surface area is 169 Å². The number of halogens is 1. The van der Waals surface area contributed by atoms with E-state index in [0.29, 0.717) is 11.6 Å². The van der Waals surface area contributed by atoms with E-state index < -0.39 is 0 Å². The zero-order valence-corrected chi connectivity index (χ0v) is 16.3. The fraction of sp³-hybridized carbons (Fsp3) is 0.273. The van der Waals surface area contributed by atoms with E-state index in [2.05, 4.69) is 9.88 Å². The first-order chi connectivity index (χ1) is 13.7. The fourth-order valence-corrected chi connectivity index (χ4v) is 3.60. The maximum atomic E-state index is 12.5. The minimum Gasteiger partial charge on any atom is -0.488 e. The standard InChI is InChI=1S/C22H22ClN3O2/c23-20-2-3-21-19(14-20)13-18(16-28-21)1-4-22(27)26-11-9-25(10-12-26)15-17-5-7-24-8-6-17/h1-8,13-14H,9-12,15-16H2/b4-1+. The van der Waals surface area contributed by atoms with Gasteiger partial charge >= 0.3 is 0 Å². The van der Waals surface area contributed by atoms with Crippen molar-refractivity contribution in [3.63, 3.8) is 0 Å². The molecular formula is C22H22ClN3O2. The number of pyridine rings is 1. The predicted octanol–water partition coefficient (Wildman–Crippen LogP) is 3.41. The molecule has 0 saturated carbocycles. The molecule has 0 aliphatic carbocycles. The number of carbonyl (C=O) groups is 1. The van der Waals surface area contributed by atoms with Gasteiger partial charge in [-0.15, -0.1) is 0 Å². The van der Waals surface area contributed by atoms with Crippen molar-refractivity contribution < 1.29 is 9.53 Å². The van der Waals surface area contributed by atoms with Gasteiger partial charge in [0.2, 0.25) is 5.91 Å². The van der Waals surface area contributed by atoms with Crippen molar-refractivity contribution >= 4 is 23.6 Å². The van der Waals surface area contributed by atoms with Gasteiger partial charge in [-0.3, -0.25) is 14.7 Å². The van der Waals surface area contributed by atoms with Crippen LogP contribution < -0.4 is 4.74 Å². The third-order valence-electron chi connectivity index (χ3n) is 4.99. The summed E-state index contributed by atoms with van der Waals surface area (Å²) < 4.78 is 5.73. The average molecular weight is 396 g/mol. The molecule has 4 rings (SSSR count). The number of nitrogens with zero attached hydrogens (tertiary/aromatic N) is 3. The van der Waals surface area contributed by atoms with Crippen LogP contribution in [0, 0.1) is 0 Å². The van der Waals surface area contributed by atoms with Gasteiger partial charge in [-0.1, -0.05) is 17.7 Å². The second-order valence-corrected chi connectivity index (χ2v) is 7.42. The first kappa shape index (κ1) is 18.7. The molecule has 0 spiro atoms. The number of aromatic nitrogens is 1. The monoisotopic (exact) mass is 395 g/mol. The van der Waals surface area contributed by atoms with Gasteiger partial charge in [-0.25, -0.2) is 0 Å². The highest BCUT2D eigenvalue weighted by Crippen LogP contribution is 2.29. The largest absolute Gasteiger partial charge is 0.488 e. The van der Waals surface area contributed by atoms with Gasteiger partial charge < -0.3 is 9.64 Å². The molecule has 5 nitrogen and oxygen atoms in total. The maximum Gasteiger partial charge on any atom is 0.246 e. The Morgan fingerprint density at radius 1 is 1.14 bits per heavy atom. The van der Waals surface area contributed by atoms with Crippen LogP contribution in [0.15, 0.2) is 60.5 Å². The smallest absolute Gasteiger partial charge is 0.246 e. The summed E-state index contributed by atoms with van der Waals surface area (Å²) in [5, 5.41) is 0.671. The second-order valence-electron chi connectivity index (χ2n) is 6.98. The summed E-state index contributed by atoms with van der Waals surface area (Å²) in [4.78, 5) is 20.8. The van der Waals surface area contributed by atoms with Crippen molar-refractivity contribution in [2.24, 2.45) is 0 Å². The van der Waals surface area contributed by atoms with Crippen LogP contribution in [0.3, 0.4) is 0 Å². The molecule has 144 valence electrons. The average Bonchev–Trinajstić information content (AvgIpc) is 2.73. The number of hydrogen-bond acceptors (Lipinski definition) is 4. The number of ether oxygens (including phenoxy) is 1. The summed E-state index contributed by atoms with van der Waals surface area (Å²) >= 11 is 6.05. The van der Waals surface area contributed by atoms with Crippen LogP contribution in [0.2, 0.25) is 5.02 Å². The van der Waals surface area contributed by atoms with E-state index in [1.165, 1.54) is 5.56 Å². The van der Waals surface area contributed by atoms with Gasteiger partial charge in [0, 0.05) is 61.8 Å². The van der Waals surface area contributed by atoms with E-state index in [1.807, 2.05) is 59.8 Å². The molecule has 2 aliphatic rings. The van der Waals surface area contributed by atoms with Crippen LogP contribution >= 0.6 is 11.6 Å². The first-order valence-corrected chi connectivity index (χ1v) is 9.76. The lowest BCUT2D eigenvalue weighted by atomic mass is 10.1. The van der Waals surface area contributed by atoms with E-state index in [-0.39, 0.29) is 5.91 Å². The molecule has 0 N–H and O–H groups in total. The molecule has 1 amide bonds. The molecule has 1 aromatic carbocycles. The van der Waals surface area contributed by atoms with Crippen molar-refractivity contribution in [3.8, 4) is 5.75 Å². The highest BCUT2D eigenvalue weighted by Gasteiger charge is 2.20. The summed E-state index contributed by atoms with van der Waals surface area (Å²) in [6, 6.07) is 9.61. The number of fused-ring (bicyclic) bond motifs is 1. The van der Waals surface area contributed by atoms with Gasteiger partial charge in [0.15, 0.2) is 0 Å². The molecule has 2 aliphatic heterocycles. The molecule has 1 saturated heterocycles. The number of carbonyl (C=O) groups excluding carboxylic acids is 1. The molecule has 28 heavy (non-hydrogen) atoms. The normalized spacial score (nSPS) is 17.2. The third-order valence-corrected chi connectivity index (χ3v) is 5.22. The number of amides is 1. The molecule has 1 fully saturated rings. The van der Waals surface area contributed by atoms with Crippen LogP contribution in [-0.4, -0.2) is 53.5 Å². The molecular weight excluding hydrogens is 374 g/mol. The molecule has 0 radical (unpaired) electrons. The van der Waals surface area contributed by atoms with E-state index in [0.717, 1.165) is 49.6 Å². The summed E-state index contributed by atoms with van der Waals surface area (Å²) in [6.45, 7) is 4.58. The third kappa shape index (κ3) is 4.61. The minimum absolute atomic E-state index is 0.0429. The van der Waals surface area contributed by atoms with E-state index >= 15 is 0 Å². The van der Waals surface area contributed by atoms with E-state index in [9.17, 15) is 4.79 Å². The van der Waals surface area contributed by atoms with Crippen molar-refractivity contribution in [1.82, 2.24) is 14.8 Å². The minimum atomic E-state index is 0.0429. The lowest BCUT2D eigenvalue weighted by Crippen LogP contribution is -2.47. The van der Waals surface area contributed by atoms with Gasteiger partial charge in [0.05, 0.1) is 0 Å². The molecule has 6 heteroatoms. The Morgan fingerprint density at radius 3 is 2.71 bits per heavy atom. The molecule has 1 aromatic heterocycles. The van der Waals surface area contributed by atoms with Crippen LogP contribution in [0.25, 0.3) is 6.08 Å². The van der Waals surface area contributed by atoms with Crippen LogP contribution in [-0.2, 0) is 11.3 Å². The number of hydrogen-bond donors (Lipinski definition) is 0. The summed E-state index contributed by atoms with van der Waals surface area (Å²) in [7, 11) is 0. The zero-order chi connectivity index (χ0) is 19.3. The molecule has 2 aromatic rings. The molecule has 0 unspecified atom stereocenters. The van der Waals surface area contributed by atoms with Crippen molar-refractivity contribution in [2.45, 2.75) is 6.54 Å². The predicted molar refractivity (Wildman–Crippen MR) is 110 cm³/mol. The van der Waals surface area contributed by atoms with Gasteiger partial charge in [-0.2, -0.15) is 0 Å². The summed E-state index contributed by atoms with van der Waals surface area (Å²) in [5.74, 6) is 0.861. The maximum absolute atomic E-state index is 12.5. The van der Waals surface area contributed by atoms with E-state index in [4.69, 9.17) is 16.3 Å². The van der Waals surface area contributed by atoms with Gasteiger partial charge in [-0.05, 0) is 47.5 Å². The molecule has 0 bridgehead atoms. The zero-order valence-electron chi connectivity index (χ0n) is 15.6. The molecule has 3 heterocycles. The number of benzene rings is 1.